The number of carbonyl (C=O) groups excluding carboxylic acids is 2. The van der Waals surface area contributed by atoms with Crippen LogP contribution in [0, 0.1) is 5.92 Å². The number of methoxy groups -OCH3 is 1. The van der Waals surface area contributed by atoms with Gasteiger partial charge in [0.2, 0.25) is 5.91 Å². The number of hydrogen-bond donors (Lipinski definition) is 3. The molecule has 1 amide bonds. The van der Waals surface area contributed by atoms with E-state index in [2.05, 4.69) is 59.7 Å². The second-order valence-electron chi connectivity index (χ2n) is 8.94. The summed E-state index contributed by atoms with van der Waals surface area (Å²) in [6, 6.07) is 28.7. The number of halogens is 1. The largest absolute Gasteiger partial charge is 0.467 e. The summed E-state index contributed by atoms with van der Waals surface area (Å²) in [6.07, 6.45) is 0.485. The van der Waals surface area contributed by atoms with Gasteiger partial charge in [-0.3, -0.25) is 10.1 Å². The third-order valence-corrected chi connectivity index (χ3v) is 6.38. The van der Waals surface area contributed by atoms with Gasteiger partial charge in [-0.15, -0.1) is 12.4 Å². The Morgan fingerprint density at radius 1 is 0.806 bits per heavy atom. The molecule has 2 atom stereocenters. The fraction of sp³-hybridized carbons (Fsp3) is 0.310. The van der Waals surface area contributed by atoms with Gasteiger partial charge in [0.25, 0.3) is 0 Å². The highest BCUT2D eigenvalue weighted by molar-refractivity contribution is 7.80. The average molecular weight is 527 g/mol. The van der Waals surface area contributed by atoms with Crippen LogP contribution in [0.15, 0.2) is 91.0 Å². The van der Waals surface area contributed by atoms with Crippen molar-refractivity contribution in [3.63, 3.8) is 0 Å². The lowest BCUT2D eigenvalue weighted by atomic mass is 9.76. The molecule has 0 radical (unpaired) electrons. The fourth-order valence-corrected chi connectivity index (χ4v) is 4.63. The molecule has 7 heteroatoms. The van der Waals surface area contributed by atoms with Crippen molar-refractivity contribution < 1.29 is 14.3 Å². The molecule has 2 N–H and O–H groups in total. The first-order valence-electron chi connectivity index (χ1n) is 11.9. The summed E-state index contributed by atoms with van der Waals surface area (Å²) in [5.74, 6) is -0.317. The molecule has 0 fully saturated rings. The van der Waals surface area contributed by atoms with Gasteiger partial charge in [0.05, 0.1) is 18.7 Å². The Morgan fingerprint density at radius 2 is 1.22 bits per heavy atom. The van der Waals surface area contributed by atoms with E-state index in [1.807, 2.05) is 68.4 Å². The number of amides is 1. The molecule has 0 aliphatic heterocycles. The molecule has 192 valence electrons. The van der Waals surface area contributed by atoms with Crippen molar-refractivity contribution in [3.8, 4) is 0 Å². The first-order chi connectivity index (χ1) is 16.9. The van der Waals surface area contributed by atoms with Crippen molar-refractivity contribution in [3.05, 3.63) is 108 Å². The smallest absolute Gasteiger partial charge is 0.328 e. The minimum absolute atomic E-state index is 0. The van der Waals surface area contributed by atoms with Crippen LogP contribution < -0.4 is 10.6 Å². The second kappa shape index (κ2) is 14.1. The molecular weight excluding hydrogens is 492 g/mol. The van der Waals surface area contributed by atoms with Crippen molar-refractivity contribution in [2.45, 2.75) is 37.9 Å². The van der Waals surface area contributed by atoms with E-state index in [9.17, 15) is 9.59 Å². The average Bonchev–Trinajstić information content (AvgIpc) is 2.90. The lowest BCUT2D eigenvalue weighted by molar-refractivity contribution is -0.145. The Morgan fingerprint density at radius 3 is 1.56 bits per heavy atom. The van der Waals surface area contributed by atoms with E-state index in [-0.39, 0.29) is 30.0 Å². The fourth-order valence-electron chi connectivity index (χ4n) is 4.37. The molecule has 0 aromatic heterocycles. The van der Waals surface area contributed by atoms with Gasteiger partial charge in [0.1, 0.15) is 6.04 Å². The zero-order chi connectivity index (χ0) is 25.3. The highest BCUT2D eigenvalue weighted by Gasteiger charge is 2.40. The second-order valence-corrected chi connectivity index (χ2v) is 9.31. The van der Waals surface area contributed by atoms with Gasteiger partial charge in [-0.05, 0) is 29.0 Å². The molecule has 36 heavy (non-hydrogen) atoms. The zero-order valence-electron chi connectivity index (χ0n) is 20.9. The number of carbonyl (C=O) groups is 2. The predicted molar refractivity (Wildman–Crippen MR) is 151 cm³/mol. The van der Waals surface area contributed by atoms with E-state index in [0.29, 0.717) is 6.42 Å². The summed E-state index contributed by atoms with van der Waals surface area (Å²) in [7, 11) is 1.33. The van der Waals surface area contributed by atoms with E-state index in [0.717, 1.165) is 16.7 Å². The van der Waals surface area contributed by atoms with Gasteiger partial charge in [0.15, 0.2) is 0 Å². The van der Waals surface area contributed by atoms with Gasteiger partial charge in [-0.2, -0.15) is 12.6 Å². The number of nitrogens with one attached hydrogen (secondary N) is 2. The molecule has 0 heterocycles. The Kier molecular flexibility index (Phi) is 11.5. The lowest BCUT2D eigenvalue weighted by Gasteiger charge is -2.39. The molecule has 0 bridgehead atoms. The normalized spacial score (nSPS) is 12.8. The molecule has 3 aromatic carbocycles. The van der Waals surface area contributed by atoms with Crippen LogP contribution in [-0.2, 0) is 19.9 Å². The Bertz CT molecular complexity index is 985. The third kappa shape index (κ3) is 6.90. The van der Waals surface area contributed by atoms with Gasteiger partial charge in [-0.25, -0.2) is 4.79 Å². The van der Waals surface area contributed by atoms with Crippen LogP contribution in [0.1, 0.15) is 37.0 Å². The lowest BCUT2D eigenvalue weighted by Crippen LogP contribution is -2.58. The topological polar surface area (TPSA) is 67.4 Å². The maximum Gasteiger partial charge on any atom is 0.328 e. The molecule has 0 saturated carbocycles. The molecule has 5 nitrogen and oxygen atoms in total. The van der Waals surface area contributed by atoms with Gasteiger partial charge < -0.3 is 10.1 Å². The maximum atomic E-state index is 13.5. The van der Waals surface area contributed by atoms with Crippen LogP contribution in [0.2, 0.25) is 0 Å². The Balaban J connectivity index is 0.00000456. The Hall–Kier alpha value is -2.80. The van der Waals surface area contributed by atoms with Crippen LogP contribution in [0.3, 0.4) is 0 Å². The number of hydrogen-bond acceptors (Lipinski definition) is 5. The number of rotatable bonds is 11. The van der Waals surface area contributed by atoms with Crippen LogP contribution in [-0.4, -0.2) is 36.8 Å². The number of thiol groups is 1. The maximum absolute atomic E-state index is 13.5. The highest BCUT2D eigenvalue weighted by Crippen LogP contribution is 2.37. The van der Waals surface area contributed by atoms with Crippen molar-refractivity contribution in [1.82, 2.24) is 10.6 Å². The van der Waals surface area contributed by atoms with Crippen molar-refractivity contribution in [2.24, 2.45) is 5.92 Å². The van der Waals surface area contributed by atoms with Crippen molar-refractivity contribution >= 4 is 36.9 Å². The minimum Gasteiger partial charge on any atom is -0.467 e. The first-order valence-corrected chi connectivity index (χ1v) is 12.5. The van der Waals surface area contributed by atoms with E-state index in [4.69, 9.17) is 4.74 Å². The summed E-state index contributed by atoms with van der Waals surface area (Å²) in [4.78, 5) is 25.9. The predicted octanol–water partition coefficient (Wildman–Crippen LogP) is 4.99. The first kappa shape index (κ1) is 29.4. The summed E-state index contributed by atoms with van der Waals surface area (Å²) in [6.45, 7) is 4.00. The molecule has 0 aliphatic rings. The molecule has 0 saturated heterocycles. The Labute approximate surface area is 225 Å². The van der Waals surface area contributed by atoms with Crippen LogP contribution in [0.4, 0.5) is 0 Å². The molecule has 0 unspecified atom stereocenters. The summed E-state index contributed by atoms with van der Waals surface area (Å²) >= 11 is 4.53. The molecular formula is C29H35ClN2O3S. The van der Waals surface area contributed by atoms with Crippen molar-refractivity contribution in [2.75, 3.05) is 12.9 Å². The standard InChI is InChI=1S/C29H34N2O3S.ClH/c1-21(2)19-25(28(33)34-3)30-27(32)26(20-35)31-29(22-13-7-4-8-14-22,23-15-9-5-10-16-23)24-17-11-6-12-18-24;/h4-18,21,25-26,31,35H,19-20H2,1-3H3,(H,30,32);1H/t25-,26-;/m0./s1. The quantitative estimate of drug-likeness (QED) is 0.187. The van der Waals surface area contributed by atoms with Gasteiger partial charge in [0, 0.05) is 5.75 Å². The van der Waals surface area contributed by atoms with E-state index in [1.165, 1.54) is 7.11 Å². The van der Waals surface area contributed by atoms with Gasteiger partial charge in [-0.1, -0.05) is 105 Å². The van der Waals surface area contributed by atoms with Gasteiger partial charge >= 0.3 is 5.97 Å². The molecule has 3 rings (SSSR count). The minimum atomic E-state index is -0.826. The molecule has 0 aliphatic carbocycles. The van der Waals surface area contributed by atoms with Crippen LogP contribution in [0.25, 0.3) is 0 Å². The number of ether oxygens (including phenoxy) is 1. The summed E-state index contributed by atoms with van der Waals surface area (Å²) in [5.41, 5.74) is 2.14. The summed E-state index contributed by atoms with van der Waals surface area (Å²) in [5, 5.41) is 6.54. The molecule has 3 aromatic rings. The van der Waals surface area contributed by atoms with E-state index < -0.39 is 23.6 Å². The van der Waals surface area contributed by atoms with E-state index in [1.54, 1.807) is 0 Å². The third-order valence-electron chi connectivity index (χ3n) is 6.02. The zero-order valence-corrected chi connectivity index (χ0v) is 22.6. The van der Waals surface area contributed by atoms with Crippen molar-refractivity contribution in [1.29, 1.82) is 0 Å². The number of esters is 1. The number of benzene rings is 3. The SMILES string of the molecule is COC(=O)[C@H](CC(C)C)NC(=O)[C@H](CS)NC(c1ccccc1)(c1ccccc1)c1ccccc1.Cl. The van der Waals surface area contributed by atoms with E-state index >= 15 is 0 Å². The monoisotopic (exact) mass is 526 g/mol. The molecule has 0 spiro atoms. The highest BCUT2D eigenvalue weighted by atomic mass is 35.5. The van der Waals surface area contributed by atoms with Crippen LogP contribution >= 0.6 is 25.0 Å². The summed E-state index contributed by atoms with van der Waals surface area (Å²) < 4.78 is 4.94. The van der Waals surface area contributed by atoms with Crippen LogP contribution in [0.5, 0.6) is 0 Å².